The van der Waals surface area contributed by atoms with Gasteiger partial charge in [-0.3, -0.25) is 4.98 Å². The number of nitrogens with zero attached hydrogens (tertiary/aromatic N) is 6. The largest absolute Gasteiger partial charge is 0.481 e. The average Bonchev–Trinajstić information content (AvgIpc) is 3.07. The van der Waals surface area contributed by atoms with Gasteiger partial charge >= 0.3 is 5.97 Å². The molecule has 0 saturated carbocycles. The molecule has 23 heavy (non-hydrogen) atoms. The molecule has 0 aromatic carbocycles. The van der Waals surface area contributed by atoms with E-state index in [2.05, 4.69) is 29.8 Å². The predicted molar refractivity (Wildman–Crippen MR) is 78.1 cm³/mol. The van der Waals surface area contributed by atoms with E-state index in [-0.39, 0.29) is 5.82 Å². The van der Waals surface area contributed by atoms with Crippen molar-refractivity contribution in [3.8, 4) is 23.1 Å². The maximum Gasteiger partial charge on any atom is 0.377 e. The minimum atomic E-state index is -0.643. The summed E-state index contributed by atoms with van der Waals surface area (Å²) in [7, 11) is 2.79. The van der Waals surface area contributed by atoms with Gasteiger partial charge in [-0.2, -0.15) is 4.98 Å². The zero-order valence-electron chi connectivity index (χ0n) is 12.4. The van der Waals surface area contributed by atoms with Crippen LogP contribution in [0.3, 0.4) is 0 Å². The summed E-state index contributed by atoms with van der Waals surface area (Å²) in [6.45, 7) is 0. The number of pyridine rings is 1. The molecule has 116 valence electrons. The zero-order valence-corrected chi connectivity index (χ0v) is 12.4. The number of aromatic nitrogens is 6. The Morgan fingerprint density at radius 3 is 2.61 bits per heavy atom. The van der Waals surface area contributed by atoms with E-state index in [0.29, 0.717) is 23.1 Å². The molecule has 0 N–H and O–H groups in total. The summed E-state index contributed by atoms with van der Waals surface area (Å²) < 4.78 is 11.1. The van der Waals surface area contributed by atoms with Gasteiger partial charge in [-0.1, -0.05) is 0 Å². The Kier molecular flexibility index (Phi) is 3.91. The summed E-state index contributed by atoms with van der Waals surface area (Å²) in [4.78, 5) is 28.2. The number of hydrogen-bond donors (Lipinski definition) is 0. The van der Waals surface area contributed by atoms with Gasteiger partial charge in [-0.25, -0.2) is 19.4 Å². The van der Waals surface area contributed by atoms with Gasteiger partial charge < -0.3 is 9.47 Å². The Labute approximate surface area is 131 Å². The van der Waals surface area contributed by atoms with Crippen LogP contribution in [0.2, 0.25) is 0 Å². The molecule has 9 heteroatoms. The summed E-state index contributed by atoms with van der Waals surface area (Å²) in [5, 5.41) is 4.17. The quantitative estimate of drug-likeness (QED) is 0.655. The molecule has 0 saturated heterocycles. The number of hydrogen-bond acceptors (Lipinski definition) is 8. The first-order valence-corrected chi connectivity index (χ1v) is 6.55. The van der Waals surface area contributed by atoms with Gasteiger partial charge in [0.2, 0.25) is 5.88 Å². The highest BCUT2D eigenvalue weighted by atomic mass is 16.5. The lowest BCUT2D eigenvalue weighted by atomic mass is 10.3. The molecule has 0 amide bonds. The molecule has 0 bridgehead atoms. The fraction of sp³-hybridized carbons (Fsp3) is 0.143. The third-order valence-electron chi connectivity index (χ3n) is 2.94. The SMILES string of the molecule is COC(=O)c1nc(-c2cnccn2)n(-c2ccc(OC)nc2)n1. The Morgan fingerprint density at radius 2 is 2.00 bits per heavy atom. The molecule has 0 aliphatic rings. The fourth-order valence-corrected chi connectivity index (χ4v) is 1.87. The van der Waals surface area contributed by atoms with Crippen LogP contribution < -0.4 is 4.74 Å². The number of carbonyl (C=O) groups is 1. The van der Waals surface area contributed by atoms with E-state index in [4.69, 9.17) is 4.74 Å². The number of ether oxygens (including phenoxy) is 2. The summed E-state index contributed by atoms with van der Waals surface area (Å²) >= 11 is 0. The van der Waals surface area contributed by atoms with E-state index in [0.717, 1.165) is 0 Å². The van der Waals surface area contributed by atoms with E-state index >= 15 is 0 Å². The van der Waals surface area contributed by atoms with Crippen LogP contribution in [0.15, 0.2) is 36.9 Å². The van der Waals surface area contributed by atoms with Crippen LogP contribution in [0.4, 0.5) is 0 Å². The van der Waals surface area contributed by atoms with Crippen LogP contribution in [0.5, 0.6) is 5.88 Å². The van der Waals surface area contributed by atoms with E-state index in [1.54, 1.807) is 24.5 Å². The highest BCUT2D eigenvalue weighted by Crippen LogP contribution is 2.19. The highest BCUT2D eigenvalue weighted by molar-refractivity contribution is 5.85. The van der Waals surface area contributed by atoms with Crippen molar-refractivity contribution < 1.29 is 14.3 Å². The van der Waals surface area contributed by atoms with Crippen LogP contribution in [0.25, 0.3) is 17.2 Å². The van der Waals surface area contributed by atoms with Crippen LogP contribution in [-0.4, -0.2) is 49.9 Å². The highest BCUT2D eigenvalue weighted by Gasteiger charge is 2.20. The molecule has 0 aliphatic heterocycles. The Bertz CT molecular complexity index is 816. The lowest BCUT2D eigenvalue weighted by Crippen LogP contribution is -2.05. The summed E-state index contributed by atoms with van der Waals surface area (Å²) in [5.41, 5.74) is 1.06. The topological polar surface area (TPSA) is 105 Å². The van der Waals surface area contributed by atoms with Gasteiger partial charge in [0.1, 0.15) is 5.69 Å². The third kappa shape index (κ3) is 2.84. The van der Waals surface area contributed by atoms with Crippen LogP contribution >= 0.6 is 0 Å². The van der Waals surface area contributed by atoms with Crippen molar-refractivity contribution in [2.45, 2.75) is 0 Å². The lowest BCUT2D eigenvalue weighted by molar-refractivity contribution is 0.0587. The van der Waals surface area contributed by atoms with Gasteiger partial charge in [0, 0.05) is 18.5 Å². The average molecular weight is 312 g/mol. The third-order valence-corrected chi connectivity index (χ3v) is 2.94. The molecule has 9 nitrogen and oxygen atoms in total. The van der Waals surface area contributed by atoms with E-state index in [1.165, 1.54) is 31.3 Å². The number of carbonyl (C=O) groups excluding carboxylic acids is 1. The molecule has 3 aromatic rings. The maximum absolute atomic E-state index is 11.7. The monoisotopic (exact) mass is 312 g/mol. The number of rotatable bonds is 4. The molecule has 0 fully saturated rings. The van der Waals surface area contributed by atoms with Crippen LogP contribution in [-0.2, 0) is 4.74 Å². The summed E-state index contributed by atoms with van der Waals surface area (Å²) in [6.07, 6.45) is 6.14. The second kappa shape index (κ2) is 6.18. The van der Waals surface area contributed by atoms with Crippen molar-refractivity contribution in [3.05, 3.63) is 42.7 Å². The second-order valence-electron chi connectivity index (χ2n) is 4.31. The first-order chi connectivity index (χ1) is 11.2. The Morgan fingerprint density at radius 1 is 1.13 bits per heavy atom. The molecule has 0 spiro atoms. The van der Waals surface area contributed by atoms with Gasteiger partial charge in [0.15, 0.2) is 5.82 Å². The number of methoxy groups -OCH3 is 2. The summed E-state index contributed by atoms with van der Waals surface area (Å²) in [6, 6.07) is 3.41. The second-order valence-corrected chi connectivity index (χ2v) is 4.31. The van der Waals surface area contributed by atoms with Crippen molar-refractivity contribution >= 4 is 5.97 Å². The molecule has 3 aromatic heterocycles. The standard InChI is InChI=1S/C14H12N6O3/c1-22-11-4-3-9(7-17-11)20-13(10-8-15-5-6-16-10)18-12(19-20)14(21)23-2/h3-8H,1-2H3. The minimum absolute atomic E-state index is 0.0797. The van der Waals surface area contributed by atoms with Gasteiger partial charge in [-0.15, -0.1) is 5.10 Å². The van der Waals surface area contributed by atoms with Crippen molar-refractivity contribution in [2.75, 3.05) is 14.2 Å². The van der Waals surface area contributed by atoms with Gasteiger partial charge in [0.05, 0.1) is 32.3 Å². The molecular weight excluding hydrogens is 300 g/mol. The van der Waals surface area contributed by atoms with Crippen LogP contribution in [0.1, 0.15) is 10.6 Å². The predicted octanol–water partition coefficient (Wildman–Crippen LogP) is 0.914. The molecule has 0 atom stereocenters. The first-order valence-electron chi connectivity index (χ1n) is 6.55. The molecule has 0 unspecified atom stereocenters. The van der Waals surface area contributed by atoms with E-state index in [9.17, 15) is 4.79 Å². The summed E-state index contributed by atoms with van der Waals surface area (Å²) in [5.74, 6) is 0.0907. The fourth-order valence-electron chi connectivity index (χ4n) is 1.87. The molecule has 0 aliphatic carbocycles. The van der Waals surface area contributed by atoms with E-state index in [1.807, 2.05) is 0 Å². The minimum Gasteiger partial charge on any atom is -0.481 e. The van der Waals surface area contributed by atoms with Crippen molar-refractivity contribution in [1.82, 2.24) is 29.7 Å². The van der Waals surface area contributed by atoms with E-state index < -0.39 is 5.97 Å². The van der Waals surface area contributed by atoms with Gasteiger partial charge in [-0.05, 0) is 6.07 Å². The zero-order chi connectivity index (χ0) is 16.2. The Hall–Kier alpha value is -3.36. The lowest BCUT2D eigenvalue weighted by Gasteiger charge is -2.05. The van der Waals surface area contributed by atoms with Gasteiger partial charge in [0.25, 0.3) is 5.82 Å². The molecular formula is C14H12N6O3. The molecule has 3 heterocycles. The van der Waals surface area contributed by atoms with Crippen LogP contribution in [0, 0.1) is 0 Å². The molecule has 3 rings (SSSR count). The van der Waals surface area contributed by atoms with Crippen molar-refractivity contribution in [2.24, 2.45) is 0 Å². The smallest absolute Gasteiger partial charge is 0.377 e. The first kappa shape index (κ1) is 14.6. The number of esters is 1. The van der Waals surface area contributed by atoms with Crippen molar-refractivity contribution in [1.29, 1.82) is 0 Å². The molecule has 0 radical (unpaired) electrons. The van der Waals surface area contributed by atoms with Crippen molar-refractivity contribution in [3.63, 3.8) is 0 Å². The maximum atomic E-state index is 11.7. The Balaban J connectivity index is 2.13. The normalized spacial score (nSPS) is 10.3.